The minimum Gasteiger partial charge on any atom is -0.348 e. The Morgan fingerprint density at radius 3 is 2.50 bits per heavy atom. The Bertz CT molecular complexity index is 454. The number of nitrogens with zero attached hydrogens (tertiary/aromatic N) is 1. The molecule has 1 aromatic rings. The molecule has 0 aliphatic heterocycles. The van der Waals surface area contributed by atoms with Crippen LogP contribution in [0.4, 0.5) is 5.69 Å². The Balaban J connectivity index is 2.01. The summed E-state index contributed by atoms with van der Waals surface area (Å²) < 4.78 is 0. The van der Waals surface area contributed by atoms with Crippen LogP contribution in [0.1, 0.15) is 23.2 Å². The smallest absolute Gasteiger partial charge is 0.269 e. The van der Waals surface area contributed by atoms with Gasteiger partial charge in [-0.15, -0.1) is 0 Å². The normalized spacial score (nSPS) is 16.1. The van der Waals surface area contributed by atoms with Crippen LogP contribution in [0.2, 0.25) is 0 Å². The molecule has 1 aliphatic carbocycles. The average Bonchev–Trinajstić information content (AvgIpc) is 3.20. The third-order valence-electron chi connectivity index (χ3n) is 3.10. The molecule has 0 radical (unpaired) electrons. The Kier molecular flexibility index (Phi) is 3.57. The zero-order valence-electron chi connectivity index (χ0n) is 9.83. The van der Waals surface area contributed by atoms with Crippen LogP contribution >= 0.6 is 0 Å². The molecule has 1 unspecified atom stereocenters. The lowest BCUT2D eigenvalue weighted by molar-refractivity contribution is -0.384. The van der Waals surface area contributed by atoms with Crippen molar-refractivity contribution in [2.24, 2.45) is 11.7 Å². The lowest BCUT2D eigenvalue weighted by atomic mass is 10.1. The second-order valence-electron chi connectivity index (χ2n) is 4.46. The lowest BCUT2D eigenvalue weighted by Gasteiger charge is -2.15. The number of carbonyl (C=O) groups is 1. The quantitative estimate of drug-likeness (QED) is 0.602. The van der Waals surface area contributed by atoms with Crippen molar-refractivity contribution in [2.75, 3.05) is 6.54 Å². The summed E-state index contributed by atoms with van der Waals surface area (Å²) in [6.07, 6.45) is 2.20. The van der Waals surface area contributed by atoms with E-state index in [1.807, 2.05) is 0 Å². The number of benzene rings is 1. The van der Waals surface area contributed by atoms with Crippen molar-refractivity contribution in [2.45, 2.75) is 18.9 Å². The number of nitro benzene ring substituents is 1. The molecule has 0 saturated heterocycles. The number of nitro groups is 1. The number of amides is 1. The molecular weight excluding hydrogens is 234 g/mol. The predicted octanol–water partition coefficient (Wildman–Crippen LogP) is 1.06. The van der Waals surface area contributed by atoms with E-state index in [0.29, 0.717) is 18.0 Å². The lowest BCUT2D eigenvalue weighted by Crippen LogP contribution is -2.41. The number of hydrogen-bond donors (Lipinski definition) is 2. The number of nitrogens with two attached hydrogens (primary N) is 1. The number of nitrogens with one attached hydrogen (secondary N) is 1. The van der Waals surface area contributed by atoms with Crippen LogP contribution in [-0.4, -0.2) is 23.4 Å². The summed E-state index contributed by atoms with van der Waals surface area (Å²) in [5, 5.41) is 13.4. The van der Waals surface area contributed by atoms with Gasteiger partial charge in [-0.1, -0.05) is 0 Å². The van der Waals surface area contributed by atoms with Crippen molar-refractivity contribution in [1.29, 1.82) is 0 Å². The first-order valence-corrected chi connectivity index (χ1v) is 5.87. The fourth-order valence-corrected chi connectivity index (χ4v) is 1.85. The molecule has 2 rings (SSSR count). The third kappa shape index (κ3) is 2.84. The van der Waals surface area contributed by atoms with Crippen molar-refractivity contribution < 1.29 is 9.72 Å². The molecular formula is C12H15N3O3. The molecule has 0 heterocycles. The summed E-state index contributed by atoms with van der Waals surface area (Å²) in [5.41, 5.74) is 5.99. The highest BCUT2D eigenvalue weighted by atomic mass is 16.6. The molecule has 1 aliphatic rings. The van der Waals surface area contributed by atoms with Gasteiger partial charge in [-0.2, -0.15) is 0 Å². The molecule has 0 spiro atoms. The van der Waals surface area contributed by atoms with Gasteiger partial charge in [0.15, 0.2) is 0 Å². The molecule has 1 atom stereocenters. The molecule has 1 fully saturated rings. The molecule has 1 amide bonds. The Morgan fingerprint density at radius 1 is 1.44 bits per heavy atom. The van der Waals surface area contributed by atoms with E-state index in [1.165, 1.54) is 24.3 Å². The van der Waals surface area contributed by atoms with E-state index in [1.54, 1.807) is 0 Å². The Hall–Kier alpha value is -1.95. The van der Waals surface area contributed by atoms with Gasteiger partial charge in [0.05, 0.1) is 4.92 Å². The predicted molar refractivity (Wildman–Crippen MR) is 66.1 cm³/mol. The highest BCUT2D eigenvalue weighted by Gasteiger charge is 2.31. The Labute approximate surface area is 104 Å². The fourth-order valence-electron chi connectivity index (χ4n) is 1.85. The second-order valence-corrected chi connectivity index (χ2v) is 4.46. The molecule has 1 aromatic carbocycles. The fraction of sp³-hybridized carbons (Fsp3) is 0.417. The highest BCUT2D eigenvalue weighted by Crippen LogP contribution is 2.32. The van der Waals surface area contributed by atoms with Crippen LogP contribution in [0.25, 0.3) is 0 Å². The number of non-ortho nitro benzene ring substituents is 1. The van der Waals surface area contributed by atoms with Gasteiger partial charge in [0.1, 0.15) is 0 Å². The van der Waals surface area contributed by atoms with Gasteiger partial charge in [-0.05, 0) is 30.9 Å². The first-order chi connectivity index (χ1) is 8.61. The molecule has 0 aromatic heterocycles. The monoisotopic (exact) mass is 249 g/mol. The first kappa shape index (κ1) is 12.5. The van der Waals surface area contributed by atoms with E-state index in [9.17, 15) is 14.9 Å². The number of carbonyl (C=O) groups excluding carboxylic acids is 1. The zero-order valence-corrected chi connectivity index (χ0v) is 9.83. The molecule has 18 heavy (non-hydrogen) atoms. The molecule has 3 N–H and O–H groups in total. The van der Waals surface area contributed by atoms with E-state index in [0.717, 1.165) is 12.8 Å². The summed E-state index contributed by atoms with van der Waals surface area (Å²) in [6, 6.07) is 5.56. The van der Waals surface area contributed by atoms with Crippen LogP contribution < -0.4 is 11.1 Å². The third-order valence-corrected chi connectivity index (χ3v) is 3.10. The summed E-state index contributed by atoms with van der Waals surface area (Å²) in [7, 11) is 0. The topological polar surface area (TPSA) is 98.3 Å². The largest absolute Gasteiger partial charge is 0.348 e. The average molecular weight is 249 g/mol. The van der Waals surface area contributed by atoms with Crippen molar-refractivity contribution in [3.05, 3.63) is 39.9 Å². The van der Waals surface area contributed by atoms with Crippen molar-refractivity contribution in [3.8, 4) is 0 Å². The van der Waals surface area contributed by atoms with Crippen LogP contribution in [0, 0.1) is 16.0 Å². The molecule has 6 heteroatoms. The maximum atomic E-state index is 11.9. The number of rotatable bonds is 5. The molecule has 6 nitrogen and oxygen atoms in total. The SMILES string of the molecule is NCC(NC(=O)c1ccc([N+](=O)[O-])cc1)C1CC1. The second kappa shape index (κ2) is 5.14. The molecule has 96 valence electrons. The first-order valence-electron chi connectivity index (χ1n) is 5.87. The van der Waals surface area contributed by atoms with Crippen LogP contribution in [0.15, 0.2) is 24.3 Å². The van der Waals surface area contributed by atoms with Gasteiger partial charge in [-0.25, -0.2) is 0 Å². The van der Waals surface area contributed by atoms with Gasteiger partial charge >= 0.3 is 0 Å². The van der Waals surface area contributed by atoms with E-state index in [-0.39, 0.29) is 17.6 Å². The Morgan fingerprint density at radius 2 is 2.06 bits per heavy atom. The van der Waals surface area contributed by atoms with Gasteiger partial charge < -0.3 is 11.1 Å². The van der Waals surface area contributed by atoms with Gasteiger partial charge in [-0.3, -0.25) is 14.9 Å². The van der Waals surface area contributed by atoms with E-state index in [2.05, 4.69) is 5.32 Å². The summed E-state index contributed by atoms with van der Waals surface area (Å²) >= 11 is 0. The van der Waals surface area contributed by atoms with Gasteiger partial charge in [0.25, 0.3) is 11.6 Å². The van der Waals surface area contributed by atoms with Gasteiger partial charge in [0, 0.05) is 30.3 Å². The standard InChI is InChI=1S/C12H15N3O3/c13-7-11(8-1-2-8)14-12(16)9-3-5-10(6-4-9)15(17)18/h3-6,8,11H,1-2,7,13H2,(H,14,16). The summed E-state index contributed by atoms with van der Waals surface area (Å²) in [4.78, 5) is 21.9. The number of hydrogen-bond acceptors (Lipinski definition) is 4. The van der Waals surface area contributed by atoms with Crippen LogP contribution in [0.3, 0.4) is 0 Å². The van der Waals surface area contributed by atoms with E-state index in [4.69, 9.17) is 5.73 Å². The van der Waals surface area contributed by atoms with Crippen molar-refractivity contribution in [3.63, 3.8) is 0 Å². The minimum atomic E-state index is -0.491. The van der Waals surface area contributed by atoms with E-state index < -0.39 is 4.92 Å². The summed E-state index contributed by atoms with van der Waals surface area (Å²) in [5.74, 6) is 0.254. The van der Waals surface area contributed by atoms with Crippen LogP contribution in [-0.2, 0) is 0 Å². The van der Waals surface area contributed by atoms with Crippen LogP contribution in [0.5, 0.6) is 0 Å². The minimum absolute atomic E-state index is 0.00712. The van der Waals surface area contributed by atoms with Crippen molar-refractivity contribution in [1.82, 2.24) is 5.32 Å². The zero-order chi connectivity index (χ0) is 13.1. The summed E-state index contributed by atoms with van der Waals surface area (Å²) in [6.45, 7) is 0.420. The van der Waals surface area contributed by atoms with E-state index >= 15 is 0 Å². The highest BCUT2D eigenvalue weighted by molar-refractivity contribution is 5.94. The molecule has 0 bridgehead atoms. The maximum Gasteiger partial charge on any atom is 0.269 e. The maximum absolute atomic E-state index is 11.9. The van der Waals surface area contributed by atoms with Crippen molar-refractivity contribution >= 4 is 11.6 Å². The molecule has 1 saturated carbocycles. The van der Waals surface area contributed by atoms with Gasteiger partial charge in [0.2, 0.25) is 0 Å².